The van der Waals surface area contributed by atoms with Gasteiger partial charge in [0.2, 0.25) is 6.42 Å². The third-order valence-electron chi connectivity index (χ3n) is 4.66. The van der Waals surface area contributed by atoms with Crippen LogP contribution >= 0.6 is 0 Å². The maximum atomic E-state index is 11.8. The Labute approximate surface area is 163 Å². The molecule has 1 aromatic rings. The Balaban J connectivity index is 3.14. The van der Waals surface area contributed by atoms with Gasteiger partial charge in [-0.25, -0.2) is 9.59 Å². The van der Waals surface area contributed by atoms with Crippen molar-refractivity contribution in [2.45, 2.75) is 24.2 Å². The molecule has 1 aliphatic carbocycles. The molecule has 1 aliphatic rings. The number of carboxylic acid groups (broad SMARTS) is 2. The van der Waals surface area contributed by atoms with E-state index in [9.17, 15) is 60.3 Å². The molecule has 0 spiro atoms. The lowest BCUT2D eigenvalue weighted by molar-refractivity contribution is -0.838. The molecule has 2 rings (SSSR count). The maximum absolute atomic E-state index is 11.8. The highest BCUT2D eigenvalue weighted by Crippen LogP contribution is 2.48. The Morgan fingerprint density at radius 1 is 0.833 bits per heavy atom. The summed E-state index contributed by atoms with van der Waals surface area (Å²) in [7, 11) is 0. The highest BCUT2D eigenvalue weighted by molar-refractivity contribution is 6.03. The van der Waals surface area contributed by atoms with E-state index >= 15 is 0 Å². The normalized spacial score (nSPS) is 17.1. The van der Waals surface area contributed by atoms with E-state index in [4.69, 9.17) is 0 Å². The van der Waals surface area contributed by atoms with Crippen molar-refractivity contribution in [3.63, 3.8) is 0 Å². The van der Waals surface area contributed by atoms with Crippen LogP contribution < -0.4 is 0 Å². The minimum atomic E-state index is -3.88. The predicted octanol–water partition coefficient (Wildman–Crippen LogP) is 0.516. The summed E-state index contributed by atoms with van der Waals surface area (Å²) in [6.07, 6.45) is -3.49. The summed E-state index contributed by atoms with van der Waals surface area (Å²) < 4.78 is 0. The first-order chi connectivity index (χ1) is 13.8. The molecule has 0 saturated heterocycles. The summed E-state index contributed by atoms with van der Waals surface area (Å²) in [4.78, 5) is 63.2. The van der Waals surface area contributed by atoms with Crippen molar-refractivity contribution in [1.82, 2.24) is 0 Å². The first kappa shape index (κ1) is 21.8. The van der Waals surface area contributed by atoms with Crippen molar-refractivity contribution in [3.8, 4) is 0 Å². The lowest BCUT2D eigenvalue weighted by atomic mass is 9.73. The molecule has 158 valence electrons. The zero-order chi connectivity index (χ0) is 23.0. The van der Waals surface area contributed by atoms with E-state index in [0.29, 0.717) is 0 Å². The van der Waals surface area contributed by atoms with E-state index in [1.807, 2.05) is 0 Å². The summed E-state index contributed by atoms with van der Waals surface area (Å²) in [5.41, 5.74) is -11.7. The van der Waals surface area contributed by atoms with E-state index in [1.54, 1.807) is 0 Å². The SMILES string of the molecule is O=C(O)C1=C(c2ccccc2C(=O)O)C([N+](=O)[O-])([N+](=O)[O-])CC([N+](=O)[O-])([N+](=O)[O-])C1. The van der Waals surface area contributed by atoms with Crippen molar-refractivity contribution in [3.05, 3.63) is 81.4 Å². The Bertz CT molecular complexity index is 1020. The first-order valence-electron chi connectivity index (χ1n) is 7.70. The van der Waals surface area contributed by atoms with Gasteiger partial charge in [-0.05, 0) is 6.07 Å². The number of aliphatic carboxylic acids is 1. The van der Waals surface area contributed by atoms with Gasteiger partial charge in [-0.2, -0.15) is 0 Å². The molecule has 0 aromatic heterocycles. The molecule has 2 N–H and O–H groups in total. The smallest absolute Gasteiger partial charge is 0.478 e. The van der Waals surface area contributed by atoms with Gasteiger partial charge in [0, 0.05) is 5.56 Å². The summed E-state index contributed by atoms with van der Waals surface area (Å²) in [6, 6.07) is 3.96. The van der Waals surface area contributed by atoms with Crippen LogP contribution in [-0.4, -0.2) is 53.2 Å². The molecule has 0 atom stereocenters. The average Bonchev–Trinajstić information content (AvgIpc) is 2.65. The lowest BCUT2D eigenvalue weighted by Crippen LogP contribution is -2.62. The minimum absolute atomic E-state index is 0.768. The van der Waals surface area contributed by atoms with Crippen LogP contribution in [0.2, 0.25) is 0 Å². The molecule has 0 saturated carbocycles. The predicted molar refractivity (Wildman–Crippen MR) is 90.6 cm³/mol. The van der Waals surface area contributed by atoms with Gasteiger partial charge in [-0.15, -0.1) is 0 Å². The van der Waals surface area contributed by atoms with Gasteiger partial charge in [0.15, 0.2) is 0 Å². The molecule has 0 amide bonds. The second-order valence-corrected chi connectivity index (χ2v) is 6.19. The first-order valence-corrected chi connectivity index (χ1v) is 7.70. The Kier molecular flexibility index (Phi) is 5.19. The van der Waals surface area contributed by atoms with Gasteiger partial charge in [-0.3, -0.25) is 40.5 Å². The molecule has 0 unspecified atom stereocenters. The molecule has 0 bridgehead atoms. The zero-order valence-electron chi connectivity index (χ0n) is 14.5. The second kappa shape index (κ2) is 7.15. The molecule has 0 aliphatic heterocycles. The minimum Gasteiger partial charge on any atom is -0.478 e. The van der Waals surface area contributed by atoms with Gasteiger partial charge in [0.1, 0.15) is 21.8 Å². The number of nitrogens with zero attached hydrogens (tertiary/aromatic N) is 4. The van der Waals surface area contributed by atoms with Crippen LogP contribution in [0.1, 0.15) is 28.8 Å². The van der Waals surface area contributed by atoms with Crippen LogP contribution in [0.3, 0.4) is 0 Å². The largest absolute Gasteiger partial charge is 0.499 e. The number of nitro groups is 4. The molecular formula is C14H10N4O12. The van der Waals surface area contributed by atoms with Gasteiger partial charge in [0.25, 0.3) is 0 Å². The number of aromatic carboxylic acids is 1. The maximum Gasteiger partial charge on any atom is 0.499 e. The Morgan fingerprint density at radius 2 is 1.33 bits per heavy atom. The Hall–Kier alpha value is -4.50. The molecular weight excluding hydrogens is 416 g/mol. The summed E-state index contributed by atoms with van der Waals surface area (Å²) in [5, 5.41) is 65.4. The van der Waals surface area contributed by atoms with Crippen LogP contribution in [0, 0.1) is 40.5 Å². The molecule has 16 heteroatoms. The van der Waals surface area contributed by atoms with E-state index < -0.39 is 78.1 Å². The molecule has 30 heavy (non-hydrogen) atoms. The van der Waals surface area contributed by atoms with Gasteiger partial charge >= 0.3 is 23.3 Å². The number of carboxylic acids is 2. The number of hydrogen-bond acceptors (Lipinski definition) is 10. The quantitative estimate of drug-likeness (QED) is 0.344. The topological polar surface area (TPSA) is 247 Å². The van der Waals surface area contributed by atoms with Crippen LogP contribution in [0.15, 0.2) is 29.8 Å². The monoisotopic (exact) mass is 426 g/mol. The Morgan fingerprint density at radius 3 is 1.73 bits per heavy atom. The third kappa shape index (κ3) is 2.95. The second-order valence-electron chi connectivity index (χ2n) is 6.19. The van der Waals surface area contributed by atoms with Crippen molar-refractivity contribution in [2.24, 2.45) is 0 Å². The highest BCUT2D eigenvalue weighted by atomic mass is 16.7. The average molecular weight is 426 g/mol. The summed E-state index contributed by atoms with van der Waals surface area (Å²) in [5.74, 6) is -3.88. The number of benzene rings is 1. The zero-order valence-corrected chi connectivity index (χ0v) is 14.5. The molecule has 16 nitrogen and oxygen atoms in total. The van der Waals surface area contributed by atoms with Crippen LogP contribution in [0.5, 0.6) is 0 Å². The van der Waals surface area contributed by atoms with Gasteiger partial charge < -0.3 is 10.2 Å². The van der Waals surface area contributed by atoms with Gasteiger partial charge in [0.05, 0.1) is 21.0 Å². The van der Waals surface area contributed by atoms with Crippen LogP contribution in [0.4, 0.5) is 0 Å². The van der Waals surface area contributed by atoms with Crippen LogP contribution in [0.25, 0.3) is 5.57 Å². The van der Waals surface area contributed by atoms with E-state index in [1.165, 1.54) is 0 Å². The van der Waals surface area contributed by atoms with E-state index in [-0.39, 0.29) is 0 Å². The fraction of sp³-hybridized carbons (Fsp3) is 0.286. The van der Waals surface area contributed by atoms with E-state index in [2.05, 4.69) is 0 Å². The number of carbonyl (C=O) groups is 2. The fourth-order valence-corrected chi connectivity index (χ4v) is 3.31. The third-order valence-corrected chi connectivity index (χ3v) is 4.66. The van der Waals surface area contributed by atoms with Gasteiger partial charge in [-0.1, -0.05) is 18.2 Å². The van der Waals surface area contributed by atoms with E-state index in [0.717, 1.165) is 24.3 Å². The van der Waals surface area contributed by atoms with Crippen molar-refractivity contribution in [1.29, 1.82) is 0 Å². The fourth-order valence-electron chi connectivity index (χ4n) is 3.31. The standard InChI is InChI=1S/C14H10N4O12/c19-11(20)8-4-2-1-3-7(8)10-9(12(21)22)5-13(15(23)24,16(25)26)6-14(10,17(27)28)18(29)30/h1-4H,5-6H2,(H,19,20)(H,21,22). The molecule has 0 radical (unpaired) electrons. The highest BCUT2D eigenvalue weighted by Gasteiger charge is 2.78. The summed E-state index contributed by atoms with van der Waals surface area (Å²) >= 11 is 0. The van der Waals surface area contributed by atoms with Crippen molar-refractivity contribution >= 4 is 17.5 Å². The molecule has 0 heterocycles. The summed E-state index contributed by atoms with van der Waals surface area (Å²) in [6.45, 7) is 0. The van der Waals surface area contributed by atoms with Crippen molar-refractivity contribution in [2.75, 3.05) is 0 Å². The number of hydrogen-bond donors (Lipinski definition) is 2. The van der Waals surface area contributed by atoms with Crippen molar-refractivity contribution < 1.29 is 39.5 Å². The lowest BCUT2D eigenvalue weighted by Gasteiger charge is -2.30. The molecule has 0 fully saturated rings. The van der Waals surface area contributed by atoms with Crippen LogP contribution in [-0.2, 0) is 4.79 Å². The molecule has 1 aromatic carbocycles. The number of rotatable bonds is 7.